The number of nitrogens with zero attached hydrogens (tertiary/aromatic N) is 3. The van der Waals surface area contributed by atoms with Crippen LogP contribution in [0.3, 0.4) is 0 Å². The first-order chi connectivity index (χ1) is 8.70. The molecular formula is C13H24Cl2N4. The maximum Gasteiger partial charge on any atom is 0.0831 e. The maximum atomic E-state index is 6.14. The van der Waals surface area contributed by atoms with Crippen LogP contribution < -0.4 is 5.32 Å². The largest absolute Gasteiger partial charge is 0.317 e. The lowest BCUT2D eigenvalue weighted by molar-refractivity contribution is 0.172. The second-order valence-electron chi connectivity index (χ2n) is 5.09. The lowest BCUT2D eigenvalue weighted by atomic mass is 9.96. The van der Waals surface area contributed by atoms with Crippen molar-refractivity contribution < 1.29 is 0 Å². The van der Waals surface area contributed by atoms with Crippen LogP contribution in [0.4, 0.5) is 0 Å². The fraction of sp³-hybridized carbons (Fsp3) is 0.769. The maximum absolute atomic E-state index is 6.14. The average Bonchev–Trinajstić information content (AvgIpc) is 2.70. The highest BCUT2D eigenvalue weighted by molar-refractivity contribution is 6.31. The van der Waals surface area contributed by atoms with E-state index < -0.39 is 0 Å². The Morgan fingerprint density at radius 3 is 2.63 bits per heavy atom. The topological polar surface area (TPSA) is 33.1 Å². The van der Waals surface area contributed by atoms with Crippen molar-refractivity contribution >= 4 is 24.0 Å². The molecule has 0 spiro atoms. The lowest BCUT2D eigenvalue weighted by Gasteiger charge is -2.32. The minimum Gasteiger partial charge on any atom is -0.317 e. The van der Waals surface area contributed by atoms with Gasteiger partial charge in [-0.15, -0.1) is 12.4 Å². The molecule has 0 saturated carbocycles. The summed E-state index contributed by atoms with van der Waals surface area (Å²) in [4.78, 5) is 2.48. The second kappa shape index (κ2) is 8.10. The molecule has 6 heteroatoms. The van der Waals surface area contributed by atoms with E-state index >= 15 is 0 Å². The van der Waals surface area contributed by atoms with E-state index in [2.05, 4.69) is 22.2 Å². The molecule has 2 rings (SSSR count). The molecule has 0 aliphatic carbocycles. The van der Waals surface area contributed by atoms with E-state index in [4.69, 9.17) is 11.6 Å². The third-order valence-corrected chi connectivity index (χ3v) is 4.09. The summed E-state index contributed by atoms with van der Waals surface area (Å²) in [5.41, 5.74) is 1.13. The molecule has 19 heavy (non-hydrogen) atoms. The molecule has 0 radical (unpaired) electrons. The predicted molar refractivity (Wildman–Crippen MR) is 82.0 cm³/mol. The molecule has 1 aromatic heterocycles. The Balaban J connectivity index is 0.00000180. The molecule has 0 amide bonds. The fourth-order valence-electron chi connectivity index (χ4n) is 2.52. The first-order valence-corrected chi connectivity index (χ1v) is 7.18. The smallest absolute Gasteiger partial charge is 0.0831 e. The van der Waals surface area contributed by atoms with Gasteiger partial charge in [0.05, 0.1) is 16.9 Å². The molecule has 1 aliphatic rings. The monoisotopic (exact) mass is 306 g/mol. The van der Waals surface area contributed by atoms with Crippen LogP contribution in [-0.2, 0) is 13.6 Å². The molecule has 0 unspecified atom stereocenters. The summed E-state index contributed by atoms with van der Waals surface area (Å²) >= 11 is 6.14. The zero-order valence-corrected chi connectivity index (χ0v) is 13.3. The van der Waals surface area contributed by atoms with Crippen molar-refractivity contribution in [3.8, 4) is 0 Å². The van der Waals surface area contributed by atoms with E-state index in [-0.39, 0.29) is 12.4 Å². The van der Waals surface area contributed by atoms with Crippen molar-refractivity contribution in [2.45, 2.75) is 26.3 Å². The number of halogens is 2. The molecule has 1 fully saturated rings. The normalized spacial score (nSPS) is 17.4. The number of aryl methyl sites for hydroxylation is 1. The predicted octanol–water partition coefficient (Wildman–Crippen LogP) is 2.32. The van der Waals surface area contributed by atoms with Crippen LogP contribution in [0.15, 0.2) is 6.20 Å². The van der Waals surface area contributed by atoms with Crippen LogP contribution in [0.1, 0.15) is 25.5 Å². The first kappa shape index (κ1) is 16.8. The summed E-state index contributed by atoms with van der Waals surface area (Å²) in [7, 11) is 1.96. The van der Waals surface area contributed by atoms with Gasteiger partial charge in [0.1, 0.15) is 0 Å². The van der Waals surface area contributed by atoms with E-state index in [1.165, 1.54) is 12.8 Å². The van der Waals surface area contributed by atoms with Crippen LogP contribution in [0, 0.1) is 5.92 Å². The number of nitrogens with one attached hydrogen (secondary N) is 1. The van der Waals surface area contributed by atoms with E-state index in [9.17, 15) is 0 Å². The molecule has 0 aromatic carbocycles. The number of hydrogen-bond donors (Lipinski definition) is 1. The average molecular weight is 307 g/mol. The number of aromatic nitrogens is 2. The molecule has 0 atom stereocenters. The van der Waals surface area contributed by atoms with Crippen LogP contribution in [0.5, 0.6) is 0 Å². The highest BCUT2D eigenvalue weighted by atomic mass is 35.5. The molecule has 1 aromatic rings. The molecule has 4 nitrogen and oxygen atoms in total. The summed E-state index contributed by atoms with van der Waals surface area (Å²) in [6, 6.07) is 0. The SMILES string of the molecule is CCNCC1CCN(Cc2c(Cl)cnn2C)CC1.Cl. The van der Waals surface area contributed by atoms with Crippen LogP contribution in [0.25, 0.3) is 0 Å². The number of hydrogen-bond acceptors (Lipinski definition) is 3. The highest BCUT2D eigenvalue weighted by Crippen LogP contribution is 2.21. The van der Waals surface area contributed by atoms with Gasteiger partial charge in [-0.05, 0) is 44.9 Å². The molecule has 1 saturated heterocycles. The molecule has 2 heterocycles. The lowest BCUT2D eigenvalue weighted by Crippen LogP contribution is -2.37. The Hall–Kier alpha value is -0.290. The van der Waals surface area contributed by atoms with Gasteiger partial charge in [-0.1, -0.05) is 18.5 Å². The minimum absolute atomic E-state index is 0. The Morgan fingerprint density at radius 1 is 1.42 bits per heavy atom. The summed E-state index contributed by atoms with van der Waals surface area (Å²) in [5.74, 6) is 0.836. The highest BCUT2D eigenvalue weighted by Gasteiger charge is 2.20. The standard InChI is InChI=1S/C13H23ClN4.ClH/c1-3-15-8-11-4-6-18(7-5-11)10-13-12(14)9-16-17(13)2;/h9,11,15H,3-8,10H2,1-2H3;1H. The van der Waals surface area contributed by atoms with Crippen LogP contribution in [0.2, 0.25) is 5.02 Å². The number of piperidine rings is 1. The van der Waals surface area contributed by atoms with Crippen LogP contribution in [-0.4, -0.2) is 40.9 Å². The second-order valence-corrected chi connectivity index (χ2v) is 5.50. The van der Waals surface area contributed by atoms with E-state index in [1.54, 1.807) is 6.20 Å². The zero-order valence-electron chi connectivity index (χ0n) is 11.7. The summed E-state index contributed by atoms with van der Waals surface area (Å²) < 4.78 is 1.88. The van der Waals surface area contributed by atoms with Crippen molar-refractivity contribution in [2.75, 3.05) is 26.2 Å². The third kappa shape index (κ3) is 4.63. The summed E-state index contributed by atoms with van der Waals surface area (Å²) in [6.07, 6.45) is 4.29. The number of likely N-dealkylation sites (tertiary alicyclic amines) is 1. The summed E-state index contributed by atoms with van der Waals surface area (Å²) in [5, 5.41) is 8.41. The van der Waals surface area contributed by atoms with Crippen molar-refractivity contribution in [1.82, 2.24) is 20.0 Å². The van der Waals surface area contributed by atoms with Gasteiger partial charge in [0.15, 0.2) is 0 Å². The van der Waals surface area contributed by atoms with Gasteiger partial charge in [0.25, 0.3) is 0 Å². The molecule has 1 aliphatic heterocycles. The molecule has 110 valence electrons. The van der Waals surface area contributed by atoms with E-state index in [0.717, 1.165) is 49.4 Å². The molecular weight excluding hydrogens is 283 g/mol. The zero-order chi connectivity index (χ0) is 13.0. The van der Waals surface area contributed by atoms with Crippen molar-refractivity contribution in [2.24, 2.45) is 13.0 Å². The van der Waals surface area contributed by atoms with E-state index in [0.29, 0.717) is 0 Å². The third-order valence-electron chi connectivity index (χ3n) is 3.77. The van der Waals surface area contributed by atoms with Gasteiger partial charge in [-0.25, -0.2) is 0 Å². The van der Waals surface area contributed by atoms with Gasteiger partial charge in [0, 0.05) is 13.6 Å². The Labute approximate surface area is 126 Å². The summed E-state index contributed by atoms with van der Waals surface area (Å²) in [6.45, 7) is 7.65. The Kier molecular flexibility index (Phi) is 7.15. The van der Waals surface area contributed by atoms with Crippen LogP contribution >= 0.6 is 24.0 Å². The number of rotatable bonds is 5. The fourth-order valence-corrected chi connectivity index (χ4v) is 2.75. The minimum atomic E-state index is 0. The van der Waals surface area contributed by atoms with Crippen molar-refractivity contribution in [3.05, 3.63) is 16.9 Å². The molecule has 0 bridgehead atoms. The first-order valence-electron chi connectivity index (χ1n) is 6.80. The van der Waals surface area contributed by atoms with Gasteiger partial charge in [0.2, 0.25) is 0 Å². The Bertz CT molecular complexity index is 353. The Morgan fingerprint density at radius 2 is 2.11 bits per heavy atom. The van der Waals surface area contributed by atoms with E-state index in [1.807, 2.05) is 11.7 Å². The van der Waals surface area contributed by atoms with Crippen molar-refractivity contribution in [1.29, 1.82) is 0 Å². The van der Waals surface area contributed by atoms with Crippen molar-refractivity contribution in [3.63, 3.8) is 0 Å². The van der Waals surface area contributed by atoms with Gasteiger partial charge < -0.3 is 5.32 Å². The van der Waals surface area contributed by atoms with Gasteiger partial charge in [-0.3, -0.25) is 9.58 Å². The quantitative estimate of drug-likeness (QED) is 0.906. The van der Waals surface area contributed by atoms with Gasteiger partial charge >= 0.3 is 0 Å². The van der Waals surface area contributed by atoms with Gasteiger partial charge in [-0.2, -0.15) is 5.10 Å². The molecule has 1 N–H and O–H groups in total.